The molecule has 5 aromatic rings. The molecule has 0 spiro atoms. The molecule has 6 heterocycles. The van der Waals surface area contributed by atoms with Crippen molar-refractivity contribution in [2.45, 2.75) is 25.6 Å². The second kappa shape index (κ2) is 8.95. The fourth-order valence-electron chi connectivity index (χ4n) is 4.36. The molecule has 10 nitrogen and oxygen atoms in total. The first-order valence-corrected chi connectivity index (χ1v) is 11.3. The maximum absolute atomic E-state index is 15.3. The zero-order chi connectivity index (χ0) is 25.2. The van der Waals surface area contributed by atoms with E-state index in [2.05, 4.69) is 30.7 Å². The van der Waals surface area contributed by atoms with Gasteiger partial charge in [0.25, 0.3) is 0 Å². The van der Waals surface area contributed by atoms with Crippen molar-refractivity contribution in [1.29, 1.82) is 0 Å². The van der Waals surface area contributed by atoms with E-state index in [-0.39, 0.29) is 24.3 Å². The molecule has 37 heavy (non-hydrogen) atoms. The Morgan fingerprint density at radius 3 is 2.65 bits per heavy atom. The number of alkyl halides is 2. The van der Waals surface area contributed by atoms with Crippen LogP contribution in [0, 0.1) is 5.82 Å². The molecule has 5 aromatic heterocycles. The van der Waals surface area contributed by atoms with Gasteiger partial charge in [-0.1, -0.05) is 11.6 Å². The predicted molar refractivity (Wildman–Crippen MR) is 135 cm³/mol. The van der Waals surface area contributed by atoms with Crippen LogP contribution in [0.3, 0.4) is 0 Å². The number of anilines is 2. The lowest BCUT2D eigenvalue weighted by Crippen LogP contribution is -2.32. The molecular weight excluding hydrogens is 529 g/mol. The standard InChI is InChI=1S/C22H18ClF3N10.H2S/c1-12-9-34-10-13(15-6-18(27-8-16(15)24)30-19-3-4-28-33(19)2)5-17(34)20-31-32-21(36(12)20)22(25,26)35-11-14(23)7-29-35;/h3-8,10-12H,9H2,1-2H3,(H,27,30);1H2/t12-;/m0./s1. The van der Waals surface area contributed by atoms with Gasteiger partial charge in [-0.3, -0.25) is 9.25 Å². The summed E-state index contributed by atoms with van der Waals surface area (Å²) in [5, 5.41) is 18.8. The normalized spacial score (nSPS) is 14.7. The number of pyridine rings is 1. The molecule has 15 heteroatoms. The second-order valence-corrected chi connectivity index (χ2v) is 8.93. The average molecular weight is 549 g/mol. The van der Waals surface area contributed by atoms with Gasteiger partial charge < -0.3 is 9.88 Å². The van der Waals surface area contributed by atoms with E-state index in [1.54, 1.807) is 49.2 Å². The van der Waals surface area contributed by atoms with Crippen LogP contribution in [-0.2, 0) is 19.6 Å². The average Bonchev–Trinajstić information content (AvgIpc) is 3.62. The molecule has 6 rings (SSSR count). The van der Waals surface area contributed by atoms with Crippen LogP contribution in [0.25, 0.3) is 22.6 Å². The van der Waals surface area contributed by atoms with Crippen LogP contribution in [0.2, 0.25) is 5.02 Å². The van der Waals surface area contributed by atoms with E-state index in [9.17, 15) is 4.39 Å². The molecule has 0 unspecified atom stereocenters. The van der Waals surface area contributed by atoms with Crippen LogP contribution in [-0.4, -0.2) is 43.9 Å². The van der Waals surface area contributed by atoms with Crippen LogP contribution in [0.4, 0.5) is 24.8 Å². The van der Waals surface area contributed by atoms with Gasteiger partial charge >= 0.3 is 6.05 Å². The Bertz CT molecular complexity index is 1600. The van der Waals surface area contributed by atoms with Gasteiger partial charge in [-0.25, -0.2) is 14.1 Å². The largest absolute Gasteiger partial charge is 0.404 e. The number of aromatic nitrogens is 9. The third-order valence-electron chi connectivity index (χ3n) is 6.07. The van der Waals surface area contributed by atoms with E-state index >= 15 is 8.78 Å². The topological polar surface area (TPSA) is 96.2 Å². The fraction of sp³-hybridized carbons (Fsp3) is 0.227. The molecule has 0 bridgehead atoms. The number of nitrogens with zero attached hydrogens (tertiary/aromatic N) is 9. The molecule has 1 aliphatic heterocycles. The lowest BCUT2D eigenvalue weighted by molar-refractivity contribution is -0.0610. The van der Waals surface area contributed by atoms with Gasteiger partial charge in [0.1, 0.15) is 17.5 Å². The van der Waals surface area contributed by atoms with Crippen LogP contribution in [0.5, 0.6) is 0 Å². The molecule has 1 aliphatic rings. The Balaban J connectivity index is 0.00000280. The summed E-state index contributed by atoms with van der Waals surface area (Å²) >= 11 is 5.79. The smallest absolute Gasteiger partial charge is 0.342 e. The fourth-order valence-corrected chi connectivity index (χ4v) is 4.50. The molecule has 0 amide bonds. The van der Waals surface area contributed by atoms with E-state index in [0.29, 0.717) is 39.7 Å². The number of fused-ring (bicyclic) bond motifs is 3. The van der Waals surface area contributed by atoms with Crippen molar-refractivity contribution in [1.82, 2.24) is 43.9 Å². The molecular formula is C22H20ClF3N10S. The van der Waals surface area contributed by atoms with Crippen molar-refractivity contribution in [2.75, 3.05) is 5.32 Å². The summed E-state index contributed by atoms with van der Waals surface area (Å²) in [6.07, 6.45) is 6.68. The summed E-state index contributed by atoms with van der Waals surface area (Å²) in [5.74, 6) is 0.276. The van der Waals surface area contributed by atoms with Gasteiger partial charge in [-0.2, -0.15) is 32.5 Å². The lowest BCUT2D eigenvalue weighted by atomic mass is 10.1. The van der Waals surface area contributed by atoms with Crippen LogP contribution in [0.1, 0.15) is 18.8 Å². The summed E-state index contributed by atoms with van der Waals surface area (Å²) in [6.45, 7) is 2.14. The molecule has 192 valence electrons. The minimum absolute atomic E-state index is 0. The quantitative estimate of drug-likeness (QED) is 0.346. The Hall–Kier alpha value is -3.78. The van der Waals surface area contributed by atoms with Gasteiger partial charge in [0, 0.05) is 37.0 Å². The number of halogens is 4. The monoisotopic (exact) mass is 548 g/mol. The zero-order valence-electron chi connectivity index (χ0n) is 19.4. The van der Waals surface area contributed by atoms with Crippen molar-refractivity contribution < 1.29 is 13.2 Å². The van der Waals surface area contributed by atoms with Crippen molar-refractivity contribution in [3.63, 3.8) is 0 Å². The molecule has 0 saturated heterocycles. The highest BCUT2D eigenvalue weighted by molar-refractivity contribution is 7.59. The number of hydrogen-bond acceptors (Lipinski definition) is 6. The minimum Gasteiger partial charge on any atom is -0.342 e. The summed E-state index contributed by atoms with van der Waals surface area (Å²) in [5.41, 5.74) is 1.38. The number of rotatable bonds is 5. The Kier molecular flexibility index (Phi) is 6.02. The van der Waals surface area contributed by atoms with Gasteiger partial charge in [0.2, 0.25) is 5.82 Å². The summed E-state index contributed by atoms with van der Waals surface area (Å²) in [4.78, 5) is 4.11. The minimum atomic E-state index is -3.58. The highest BCUT2D eigenvalue weighted by Gasteiger charge is 2.44. The predicted octanol–water partition coefficient (Wildman–Crippen LogP) is 4.56. The van der Waals surface area contributed by atoms with Crippen LogP contribution < -0.4 is 5.32 Å². The summed E-state index contributed by atoms with van der Waals surface area (Å²) in [6, 6.07) is 1.07. The SMILES string of the molecule is C[C@H]1Cn2cc(-c3cc(Nc4ccnn4C)ncc3F)cc2-c2nnc(C(F)(F)n3cc(Cl)cn3)n21.S. The van der Waals surface area contributed by atoms with Gasteiger partial charge in [0.15, 0.2) is 5.82 Å². The third kappa shape index (κ3) is 4.05. The maximum atomic E-state index is 15.3. The highest BCUT2D eigenvalue weighted by atomic mass is 35.5. The molecule has 0 fully saturated rings. The van der Waals surface area contributed by atoms with E-state index < -0.39 is 23.7 Å². The molecule has 0 saturated carbocycles. The lowest BCUT2D eigenvalue weighted by Gasteiger charge is -2.27. The van der Waals surface area contributed by atoms with E-state index in [0.717, 1.165) is 18.6 Å². The first kappa shape index (κ1) is 24.9. The second-order valence-electron chi connectivity index (χ2n) is 8.49. The summed E-state index contributed by atoms with van der Waals surface area (Å²) < 4.78 is 50.7. The molecule has 0 aliphatic carbocycles. The number of nitrogens with one attached hydrogen (secondary N) is 1. The van der Waals surface area contributed by atoms with Crippen LogP contribution in [0.15, 0.2) is 49.2 Å². The number of aryl methyl sites for hydroxylation is 1. The molecule has 0 radical (unpaired) electrons. The Morgan fingerprint density at radius 2 is 1.95 bits per heavy atom. The molecule has 0 aromatic carbocycles. The number of hydrogen-bond donors (Lipinski definition) is 1. The van der Waals surface area contributed by atoms with Crippen LogP contribution >= 0.6 is 25.1 Å². The summed E-state index contributed by atoms with van der Waals surface area (Å²) in [7, 11) is 1.77. The highest BCUT2D eigenvalue weighted by Crippen LogP contribution is 2.39. The van der Waals surface area contributed by atoms with E-state index in [1.807, 2.05) is 4.57 Å². The van der Waals surface area contributed by atoms with Gasteiger partial charge in [0.05, 0.1) is 41.5 Å². The van der Waals surface area contributed by atoms with Crippen molar-refractivity contribution in [3.8, 4) is 22.6 Å². The van der Waals surface area contributed by atoms with E-state index in [1.165, 1.54) is 4.57 Å². The zero-order valence-corrected chi connectivity index (χ0v) is 21.2. The first-order valence-electron chi connectivity index (χ1n) is 10.9. The third-order valence-corrected chi connectivity index (χ3v) is 6.27. The molecule has 1 atom stereocenters. The Labute approximate surface area is 220 Å². The maximum Gasteiger partial charge on any atom is 0.404 e. The van der Waals surface area contributed by atoms with Crippen molar-refractivity contribution in [2.24, 2.45) is 7.05 Å². The van der Waals surface area contributed by atoms with Crippen molar-refractivity contribution in [3.05, 3.63) is 65.8 Å². The van der Waals surface area contributed by atoms with Gasteiger partial charge in [-0.15, -0.1) is 10.2 Å². The first-order chi connectivity index (χ1) is 17.2. The molecule has 1 N–H and O–H groups in total. The van der Waals surface area contributed by atoms with E-state index in [4.69, 9.17) is 11.6 Å². The Morgan fingerprint density at radius 1 is 1.14 bits per heavy atom. The van der Waals surface area contributed by atoms with Crippen molar-refractivity contribution >= 4 is 36.7 Å². The van der Waals surface area contributed by atoms with Gasteiger partial charge in [-0.05, 0) is 19.1 Å².